The first-order chi connectivity index (χ1) is 14.6. The lowest BCUT2D eigenvalue weighted by Crippen LogP contribution is -2.51. The van der Waals surface area contributed by atoms with Gasteiger partial charge in [0.25, 0.3) is 5.91 Å². The highest BCUT2D eigenvalue weighted by Crippen LogP contribution is 2.05. The van der Waals surface area contributed by atoms with Crippen molar-refractivity contribution in [2.75, 3.05) is 6.54 Å². The summed E-state index contributed by atoms with van der Waals surface area (Å²) in [4.78, 5) is 56.7. The fraction of sp³-hybridized carbons (Fsp3) is 0.421. The van der Waals surface area contributed by atoms with E-state index in [9.17, 15) is 33.5 Å². The van der Waals surface area contributed by atoms with Gasteiger partial charge in [0.05, 0.1) is 0 Å². The van der Waals surface area contributed by atoms with E-state index in [0.717, 1.165) is 6.07 Å². The summed E-state index contributed by atoms with van der Waals surface area (Å²) in [6.45, 7) is 0.199. The number of aliphatic carboxylic acids is 3. The van der Waals surface area contributed by atoms with Crippen LogP contribution in [0, 0.1) is 5.82 Å². The van der Waals surface area contributed by atoms with E-state index in [0.29, 0.717) is 12.8 Å². The summed E-state index contributed by atoms with van der Waals surface area (Å²) in [5.41, 5.74) is 0.151. The molecule has 0 heterocycles. The zero-order valence-corrected chi connectivity index (χ0v) is 16.5. The molecule has 1 aromatic rings. The maximum atomic E-state index is 13.1. The Balaban J connectivity index is 2.42. The van der Waals surface area contributed by atoms with Crippen LogP contribution in [0.5, 0.6) is 0 Å². The lowest BCUT2D eigenvalue weighted by atomic mass is 10.1. The third-order valence-corrected chi connectivity index (χ3v) is 4.15. The molecule has 0 aliphatic rings. The molecule has 11 nitrogen and oxygen atoms in total. The van der Waals surface area contributed by atoms with Gasteiger partial charge in [0, 0.05) is 18.5 Å². The molecule has 0 fully saturated rings. The van der Waals surface area contributed by atoms with E-state index in [1.165, 1.54) is 18.2 Å². The molecule has 0 aromatic heterocycles. The summed E-state index contributed by atoms with van der Waals surface area (Å²) in [6.07, 6.45) is -0.153. The number of benzene rings is 1. The van der Waals surface area contributed by atoms with Crippen molar-refractivity contribution in [1.29, 1.82) is 0 Å². The Morgan fingerprint density at radius 1 is 0.903 bits per heavy atom. The Labute approximate surface area is 176 Å². The number of unbranched alkanes of at least 4 members (excludes halogenated alkanes) is 1. The molecule has 6 N–H and O–H groups in total. The molecular weight excluding hydrogens is 417 g/mol. The van der Waals surface area contributed by atoms with Gasteiger partial charge in [-0.05, 0) is 43.9 Å². The van der Waals surface area contributed by atoms with Crippen molar-refractivity contribution in [3.63, 3.8) is 0 Å². The van der Waals surface area contributed by atoms with Crippen molar-refractivity contribution in [2.24, 2.45) is 0 Å². The van der Waals surface area contributed by atoms with Gasteiger partial charge in [0.2, 0.25) is 0 Å². The zero-order chi connectivity index (χ0) is 23.4. The summed E-state index contributed by atoms with van der Waals surface area (Å²) in [5.74, 6) is -5.04. The van der Waals surface area contributed by atoms with Crippen molar-refractivity contribution < 1.29 is 43.7 Å². The largest absolute Gasteiger partial charge is 0.481 e. The number of hydrogen-bond acceptors (Lipinski definition) is 5. The van der Waals surface area contributed by atoms with Crippen LogP contribution in [-0.2, 0) is 14.4 Å². The number of carboxylic acids is 3. The van der Waals surface area contributed by atoms with E-state index in [1.54, 1.807) is 0 Å². The SMILES string of the molecule is O=C(O)CC[C@H](NC(=O)N[C@@H](CCCCNC(=O)c1cccc(F)c1)C(=O)O)C(=O)O. The van der Waals surface area contributed by atoms with Crippen LogP contribution >= 0.6 is 0 Å². The molecule has 3 amide bonds. The topological polar surface area (TPSA) is 182 Å². The predicted molar refractivity (Wildman–Crippen MR) is 104 cm³/mol. The fourth-order valence-electron chi connectivity index (χ4n) is 2.55. The average Bonchev–Trinajstić information content (AvgIpc) is 2.69. The van der Waals surface area contributed by atoms with Gasteiger partial charge < -0.3 is 31.3 Å². The molecule has 1 rings (SSSR count). The highest BCUT2D eigenvalue weighted by molar-refractivity contribution is 5.94. The molecule has 0 spiro atoms. The minimum absolute atomic E-state index is 0.00541. The fourth-order valence-corrected chi connectivity index (χ4v) is 2.55. The van der Waals surface area contributed by atoms with Crippen LogP contribution in [0.1, 0.15) is 42.5 Å². The van der Waals surface area contributed by atoms with E-state index in [1.807, 2.05) is 5.32 Å². The van der Waals surface area contributed by atoms with E-state index in [-0.39, 0.29) is 24.9 Å². The number of amides is 3. The maximum absolute atomic E-state index is 13.1. The molecule has 0 saturated heterocycles. The Kier molecular flexibility index (Phi) is 10.4. The normalized spacial score (nSPS) is 12.3. The van der Waals surface area contributed by atoms with Crippen LogP contribution in [0.25, 0.3) is 0 Å². The van der Waals surface area contributed by atoms with Gasteiger partial charge in [0.1, 0.15) is 17.9 Å². The van der Waals surface area contributed by atoms with Crippen molar-refractivity contribution in [3.05, 3.63) is 35.6 Å². The zero-order valence-electron chi connectivity index (χ0n) is 16.5. The molecule has 0 bridgehead atoms. The quantitative estimate of drug-likeness (QED) is 0.243. The summed E-state index contributed by atoms with van der Waals surface area (Å²) < 4.78 is 13.1. The third kappa shape index (κ3) is 10.1. The van der Waals surface area contributed by atoms with Crippen molar-refractivity contribution in [3.8, 4) is 0 Å². The second-order valence-corrected chi connectivity index (χ2v) is 6.59. The van der Waals surface area contributed by atoms with Crippen molar-refractivity contribution in [1.82, 2.24) is 16.0 Å². The number of carbonyl (C=O) groups is 5. The first-order valence-corrected chi connectivity index (χ1v) is 9.38. The number of nitrogens with one attached hydrogen (secondary N) is 3. The van der Waals surface area contributed by atoms with Gasteiger partial charge in [-0.1, -0.05) is 6.07 Å². The highest BCUT2D eigenvalue weighted by atomic mass is 19.1. The lowest BCUT2D eigenvalue weighted by molar-refractivity contribution is -0.140. The number of carbonyl (C=O) groups excluding carboxylic acids is 2. The van der Waals surface area contributed by atoms with Gasteiger partial charge in [-0.3, -0.25) is 9.59 Å². The summed E-state index contributed by atoms with van der Waals surface area (Å²) in [7, 11) is 0. The molecule has 0 radical (unpaired) electrons. The lowest BCUT2D eigenvalue weighted by Gasteiger charge is -2.18. The second-order valence-electron chi connectivity index (χ2n) is 6.59. The number of hydrogen-bond donors (Lipinski definition) is 6. The van der Waals surface area contributed by atoms with E-state index in [4.69, 9.17) is 10.2 Å². The number of carboxylic acid groups (broad SMARTS) is 3. The Morgan fingerprint density at radius 2 is 1.52 bits per heavy atom. The van der Waals surface area contributed by atoms with Crippen molar-refractivity contribution in [2.45, 2.75) is 44.2 Å². The first kappa shape index (κ1) is 25.3. The van der Waals surface area contributed by atoms with Crippen LogP contribution in [0.3, 0.4) is 0 Å². The summed E-state index contributed by atoms with van der Waals surface area (Å²) >= 11 is 0. The summed E-state index contributed by atoms with van der Waals surface area (Å²) in [6, 6.07) is 1.29. The maximum Gasteiger partial charge on any atom is 0.326 e. The minimum atomic E-state index is -1.48. The Hall–Kier alpha value is -3.70. The van der Waals surface area contributed by atoms with Crippen molar-refractivity contribution >= 4 is 29.8 Å². The van der Waals surface area contributed by atoms with Crippen LogP contribution in [0.2, 0.25) is 0 Å². The van der Waals surface area contributed by atoms with Gasteiger partial charge in [0.15, 0.2) is 0 Å². The molecule has 31 heavy (non-hydrogen) atoms. The number of urea groups is 1. The van der Waals surface area contributed by atoms with Crippen LogP contribution < -0.4 is 16.0 Å². The second kappa shape index (κ2) is 12.8. The molecule has 0 aliphatic heterocycles. The summed E-state index contributed by atoms with van der Waals surface area (Å²) in [5, 5.41) is 33.6. The molecule has 0 aliphatic carbocycles. The van der Waals surface area contributed by atoms with E-state index >= 15 is 0 Å². The molecule has 1 aromatic carbocycles. The van der Waals surface area contributed by atoms with Crippen LogP contribution in [0.15, 0.2) is 24.3 Å². The van der Waals surface area contributed by atoms with Crippen LogP contribution in [-0.4, -0.2) is 63.8 Å². The predicted octanol–water partition coefficient (Wildman–Crippen LogP) is 0.796. The average molecular weight is 441 g/mol. The van der Waals surface area contributed by atoms with Crippen LogP contribution in [0.4, 0.5) is 9.18 Å². The third-order valence-electron chi connectivity index (χ3n) is 4.15. The Morgan fingerprint density at radius 3 is 2.06 bits per heavy atom. The minimum Gasteiger partial charge on any atom is -0.481 e. The molecule has 170 valence electrons. The number of rotatable bonds is 13. The first-order valence-electron chi connectivity index (χ1n) is 9.38. The molecule has 0 unspecified atom stereocenters. The van der Waals surface area contributed by atoms with Gasteiger partial charge in [-0.25, -0.2) is 18.8 Å². The molecule has 0 saturated carbocycles. The molecule has 2 atom stereocenters. The number of halogens is 1. The molecular formula is C19H24FN3O8. The standard InChI is InChI=1S/C19H24FN3O8/c20-12-5-3-4-11(10-12)16(26)21-9-2-1-6-13(17(27)28)22-19(31)23-14(18(29)30)7-8-15(24)25/h3-5,10,13-14H,1-2,6-9H2,(H,21,26)(H,24,25)(H,27,28)(H,29,30)(H2,22,23,31)/t13-,14-/m0/s1. The van der Waals surface area contributed by atoms with E-state index < -0.39 is 54.2 Å². The van der Waals surface area contributed by atoms with E-state index in [2.05, 4.69) is 10.6 Å². The molecule has 12 heteroatoms. The highest BCUT2D eigenvalue weighted by Gasteiger charge is 2.24. The monoisotopic (exact) mass is 441 g/mol. The smallest absolute Gasteiger partial charge is 0.326 e. The van der Waals surface area contributed by atoms with Gasteiger partial charge in [-0.2, -0.15) is 0 Å². The van der Waals surface area contributed by atoms with Gasteiger partial charge >= 0.3 is 23.9 Å². The Bertz CT molecular complexity index is 817. The van der Waals surface area contributed by atoms with Gasteiger partial charge in [-0.15, -0.1) is 0 Å².